The number of methoxy groups -OCH3 is 1. The van der Waals surface area contributed by atoms with Crippen LogP contribution in [-0.2, 0) is 11.3 Å². The van der Waals surface area contributed by atoms with Crippen LogP contribution in [0.4, 0.5) is 5.69 Å². The second kappa shape index (κ2) is 13.2. The molecule has 0 saturated carbocycles. The van der Waals surface area contributed by atoms with E-state index in [4.69, 9.17) is 9.47 Å². The molecule has 1 aromatic heterocycles. The monoisotopic (exact) mass is 537 g/mol. The topological polar surface area (TPSA) is 72.7 Å². The molecule has 1 heterocycles. The Labute approximate surface area is 201 Å². The maximum atomic E-state index is 5.76. The molecule has 0 unspecified atom stereocenters. The summed E-state index contributed by atoms with van der Waals surface area (Å²) in [6.07, 6.45) is 1.83. The van der Waals surface area contributed by atoms with Crippen molar-refractivity contribution >= 4 is 46.7 Å². The van der Waals surface area contributed by atoms with E-state index in [1.807, 2.05) is 30.3 Å². The largest absolute Gasteiger partial charge is 0.493 e. The zero-order valence-corrected chi connectivity index (χ0v) is 20.8. The van der Waals surface area contributed by atoms with Crippen molar-refractivity contribution in [2.45, 2.75) is 26.3 Å². The molecular weight excluding hydrogens is 505 g/mol. The summed E-state index contributed by atoms with van der Waals surface area (Å²) in [5, 5.41) is 6.70. The van der Waals surface area contributed by atoms with Gasteiger partial charge in [0, 0.05) is 52.0 Å². The summed E-state index contributed by atoms with van der Waals surface area (Å²) in [5.74, 6) is 2.61. The Hall–Kier alpha value is -2.33. The van der Waals surface area contributed by atoms with Gasteiger partial charge in [-0.15, -0.1) is 24.0 Å². The molecule has 0 radical (unpaired) electrons. The van der Waals surface area contributed by atoms with Gasteiger partial charge in [-0.1, -0.05) is 18.2 Å². The van der Waals surface area contributed by atoms with Gasteiger partial charge in [-0.3, -0.25) is 4.99 Å². The van der Waals surface area contributed by atoms with Crippen LogP contribution in [-0.4, -0.2) is 49.4 Å². The molecule has 0 aliphatic carbocycles. The second-order valence-corrected chi connectivity index (χ2v) is 7.00. The molecule has 3 aromatic rings. The number of fused-ring (bicyclic) bond motifs is 1. The quantitative estimate of drug-likeness (QED) is 0.173. The summed E-state index contributed by atoms with van der Waals surface area (Å²) < 4.78 is 13.1. The van der Waals surface area contributed by atoms with Crippen molar-refractivity contribution in [1.82, 2.24) is 14.9 Å². The fourth-order valence-corrected chi connectivity index (χ4v) is 3.29. The Morgan fingerprint density at radius 2 is 1.94 bits per heavy atom. The lowest BCUT2D eigenvalue weighted by molar-refractivity contribution is 0.172. The molecule has 0 saturated heterocycles. The van der Waals surface area contributed by atoms with Crippen LogP contribution in [0.25, 0.3) is 11.0 Å². The number of aliphatic imine (C=N–C) groups is 1. The number of imidazole rings is 1. The molecule has 31 heavy (non-hydrogen) atoms. The predicted octanol–water partition coefficient (Wildman–Crippen LogP) is 4.46. The van der Waals surface area contributed by atoms with Crippen molar-refractivity contribution in [3.8, 4) is 5.75 Å². The fraction of sp³-hybridized carbons (Fsp3) is 0.391. The number of aromatic nitrogens is 2. The Balaban J connectivity index is 0.00000341. The minimum absolute atomic E-state index is 0. The standard InChI is InChI=1S/C23H31N5O2.HI/c1-18-26-21-11-4-5-12-22(21)28(18)14-7-13-25-23(24-2)27-19-9-6-10-20(17-19)30-16-8-15-29-3;/h4-6,9-12,17H,7-8,13-16H2,1-3H3,(H2,24,25,27);1H. The molecule has 0 aliphatic rings. The van der Waals surface area contributed by atoms with E-state index in [0.717, 1.165) is 54.7 Å². The average Bonchev–Trinajstić information content (AvgIpc) is 3.08. The van der Waals surface area contributed by atoms with Gasteiger partial charge >= 0.3 is 0 Å². The van der Waals surface area contributed by atoms with Crippen LogP contribution in [0.1, 0.15) is 18.7 Å². The lowest BCUT2D eigenvalue weighted by Crippen LogP contribution is -2.31. The molecule has 7 nitrogen and oxygen atoms in total. The van der Waals surface area contributed by atoms with Crippen LogP contribution < -0.4 is 15.4 Å². The highest BCUT2D eigenvalue weighted by Gasteiger charge is 2.06. The van der Waals surface area contributed by atoms with Crippen LogP contribution in [0, 0.1) is 6.92 Å². The number of nitrogens with one attached hydrogen (secondary N) is 2. The summed E-state index contributed by atoms with van der Waals surface area (Å²) >= 11 is 0. The Morgan fingerprint density at radius 3 is 2.74 bits per heavy atom. The number of para-hydroxylation sites is 2. The zero-order valence-electron chi connectivity index (χ0n) is 18.4. The predicted molar refractivity (Wildman–Crippen MR) is 138 cm³/mol. The number of hydrogen-bond acceptors (Lipinski definition) is 4. The number of benzene rings is 2. The van der Waals surface area contributed by atoms with E-state index in [9.17, 15) is 0 Å². The second-order valence-electron chi connectivity index (χ2n) is 7.00. The number of aryl methyl sites for hydroxylation is 2. The number of halogens is 1. The van der Waals surface area contributed by atoms with Gasteiger partial charge in [0.25, 0.3) is 0 Å². The normalized spacial score (nSPS) is 11.3. The third-order valence-corrected chi connectivity index (χ3v) is 4.78. The van der Waals surface area contributed by atoms with E-state index in [0.29, 0.717) is 13.2 Å². The summed E-state index contributed by atoms with van der Waals surface area (Å²) in [6.45, 7) is 5.09. The van der Waals surface area contributed by atoms with E-state index in [2.05, 4.69) is 50.3 Å². The smallest absolute Gasteiger partial charge is 0.195 e. The minimum Gasteiger partial charge on any atom is -0.493 e. The Morgan fingerprint density at radius 1 is 1.10 bits per heavy atom. The third kappa shape index (κ3) is 7.39. The molecule has 0 atom stereocenters. The van der Waals surface area contributed by atoms with E-state index < -0.39 is 0 Å². The van der Waals surface area contributed by atoms with E-state index in [1.54, 1.807) is 14.2 Å². The highest BCUT2D eigenvalue weighted by atomic mass is 127. The van der Waals surface area contributed by atoms with Crippen molar-refractivity contribution in [2.24, 2.45) is 4.99 Å². The molecule has 0 fully saturated rings. The van der Waals surface area contributed by atoms with Crippen LogP contribution in [0.5, 0.6) is 5.75 Å². The number of nitrogens with zero attached hydrogens (tertiary/aromatic N) is 3. The van der Waals surface area contributed by atoms with Gasteiger partial charge in [0.05, 0.1) is 17.6 Å². The molecule has 168 valence electrons. The molecule has 2 N–H and O–H groups in total. The number of guanidine groups is 1. The van der Waals surface area contributed by atoms with E-state index >= 15 is 0 Å². The lowest BCUT2D eigenvalue weighted by atomic mass is 10.3. The highest BCUT2D eigenvalue weighted by molar-refractivity contribution is 14.0. The average molecular weight is 537 g/mol. The van der Waals surface area contributed by atoms with Crippen molar-refractivity contribution in [1.29, 1.82) is 0 Å². The first-order valence-electron chi connectivity index (χ1n) is 10.3. The molecule has 0 bridgehead atoms. The van der Waals surface area contributed by atoms with Gasteiger partial charge in [-0.05, 0) is 37.6 Å². The first kappa shape index (κ1) is 24.9. The van der Waals surface area contributed by atoms with Crippen LogP contribution >= 0.6 is 24.0 Å². The minimum atomic E-state index is 0. The van der Waals surface area contributed by atoms with E-state index in [-0.39, 0.29) is 24.0 Å². The molecule has 0 amide bonds. The van der Waals surface area contributed by atoms with Gasteiger partial charge < -0.3 is 24.7 Å². The Bertz CT molecular complexity index is 974. The summed E-state index contributed by atoms with van der Waals surface area (Å²) in [5.41, 5.74) is 3.16. The maximum absolute atomic E-state index is 5.76. The number of rotatable bonds is 10. The first-order chi connectivity index (χ1) is 14.7. The lowest BCUT2D eigenvalue weighted by Gasteiger charge is -2.14. The number of anilines is 1. The zero-order chi connectivity index (χ0) is 21.2. The van der Waals surface area contributed by atoms with Gasteiger partial charge in [-0.2, -0.15) is 0 Å². The molecular formula is C23H32IN5O2. The Kier molecular flexibility index (Phi) is 10.6. The summed E-state index contributed by atoms with van der Waals surface area (Å²) in [7, 11) is 3.47. The van der Waals surface area contributed by atoms with Crippen LogP contribution in [0.2, 0.25) is 0 Å². The van der Waals surface area contributed by atoms with Gasteiger partial charge in [-0.25, -0.2) is 4.98 Å². The summed E-state index contributed by atoms with van der Waals surface area (Å²) in [4.78, 5) is 8.95. The maximum Gasteiger partial charge on any atom is 0.195 e. The highest BCUT2D eigenvalue weighted by Crippen LogP contribution is 2.18. The van der Waals surface area contributed by atoms with Crippen LogP contribution in [0.15, 0.2) is 53.5 Å². The van der Waals surface area contributed by atoms with Crippen LogP contribution in [0.3, 0.4) is 0 Å². The van der Waals surface area contributed by atoms with Gasteiger partial charge in [0.15, 0.2) is 5.96 Å². The van der Waals surface area contributed by atoms with Crippen molar-refractivity contribution in [3.05, 3.63) is 54.4 Å². The van der Waals surface area contributed by atoms with Gasteiger partial charge in [0.2, 0.25) is 0 Å². The first-order valence-corrected chi connectivity index (χ1v) is 10.3. The summed E-state index contributed by atoms with van der Waals surface area (Å²) in [6, 6.07) is 16.1. The number of ether oxygens (including phenoxy) is 2. The van der Waals surface area contributed by atoms with Crippen molar-refractivity contribution in [2.75, 3.05) is 39.2 Å². The SMILES string of the molecule is CN=C(NCCCn1c(C)nc2ccccc21)Nc1cccc(OCCCOC)c1.I. The molecule has 8 heteroatoms. The fourth-order valence-electron chi connectivity index (χ4n) is 3.29. The number of hydrogen-bond donors (Lipinski definition) is 2. The van der Waals surface area contributed by atoms with E-state index in [1.165, 1.54) is 5.52 Å². The van der Waals surface area contributed by atoms with Gasteiger partial charge in [0.1, 0.15) is 11.6 Å². The molecule has 0 aliphatic heterocycles. The van der Waals surface area contributed by atoms with Crippen molar-refractivity contribution in [3.63, 3.8) is 0 Å². The van der Waals surface area contributed by atoms with Crippen molar-refractivity contribution < 1.29 is 9.47 Å². The molecule has 3 rings (SSSR count). The third-order valence-electron chi connectivity index (χ3n) is 4.78. The molecule has 2 aromatic carbocycles. The molecule has 0 spiro atoms.